The molecule has 1 aromatic heterocycles. The van der Waals surface area contributed by atoms with E-state index in [0.717, 1.165) is 11.4 Å². The molecule has 1 heterocycles. The summed E-state index contributed by atoms with van der Waals surface area (Å²) in [5.74, 6) is 0.0993. The second kappa shape index (κ2) is 6.58. The minimum atomic E-state index is 0.0993. The van der Waals surface area contributed by atoms with Crippen molar-refractivity contribution in [2.45, 2.75) is 26.3 Å². The van der Waals surface area contributed by atoms with Crippen molar-refractivity contribution in [3.8, 4) is 0 Å². The molecule has 0 saturated carbocycles. The highest BCUT2D eigenvalue weighted by Gasteiger charge is 2.05. The molecule has 0 saturated heterocycles. The van der Waals surface area contributed by atoms with Gasteiger partial charge in [0.15, 0.2) is 0 Å². The summed E-state index contributed by atoms with van der Waals surface area (Å²) < 4.78 is 0. The zero-order valence-corrected chi connectivity index (χ0v) is 10.1. The maximum absolute atomic E-state index is 11.5. The van der Waals surface area contributed by atoms with Crippen molar-refractivity contribution in [3.05, 3.63) is 22.4 Å². The number of nitrogens with one attached hydrogen (secondary N) is 2. The van der Waals surface area contributed by atoms with Crippen LogP contribution in [0.15, 0.2) is 17.5 Å². The van der Waals surface area contributed by atoms with Crippen LogP contribution in [0.25, 0.3) is 0 Å². The molecule has 0 unspecified atom stereocenters. The maximum Gasteiger partial charge on any atom is 0.225 e. The second-order valence-corrected chi connectivity index (χ2v) is 4.55. The number of amides is 1. The highest BCUT2D eigenvalue weighted by molar-refractivity contribution is 7.10. The van der Waals surface area contributed by atoms with E-state index in [9.17, 15) is 4.79 Å². The lowest BCUT2D eigenvalue weighted by Gasteiger charge is -2.12. The fourth-order valence-corrected chi connectivity index (χ4v) is 2.02. The predicted octanol–water partition coefficient (Wildman–Crippen LogP) is 1.40. The fraction of sp³-hybridized carbons (Fsp3) is 0.545. The van der Waals surface area contributed by atoms with E-state index in [4.69, 9.17) is 0 Å². The van der Waals surface area contributed by atoms with Gasteiger partial charge in [0.05, 0.1) is 6.42 Å². The van der Waals surface area contributed by atoms with E-state index in [-0.39, 0.29) is 5.91 Å². The molecule has 0 spiro atoms. The highest BCUT2D eigenvalue weighted by Crippen LogP contribution is 2.08. The van der Waals surface area contributed by atoms with Crippen LogP contribution in [0.4, 0.5) is 0 Å². The second-order valence-electron chi connectivity index (χ2n) is 3.52. The molecule has 84 valence electrons. The summed E-state index contributed by atoms with van der Waals surface area (Å²) in [4.78, 5) is 12.6. The van der Waals surface area contributed by atoms with Crippen LogP contribution in [0.1, 0.15) is 18.7 Å². The van der Waals surface area contributed by atoms with Gasteiger partial charge in [0, 0.05) is 17.5 Å². The number of carbonyl (C=O) groups is 1. The van der Waals surface area contributed by atoms with E-state index in [1.165, 1.54) is 0 Å². The smallest absolute Gasteiger partial charge is 0.225 e. The lowest BCUT2D eigenvalue weighted by Crippen LogP contribution is -2.39. The maximum atomic E-state index is 11.5. The van der Waals surface area contributed by atoms with Gasteiger partial charge in [-0.1, -0.05) is 13.0 Å². The van der Waals surface area contributed by atoms with E-state index in [1.807, 2.05) is 17.5 Å². The summed E-state index contributed by atoms with van der Waals surface area (Å²) in [6.07, 6.45) is 0.497. The molecular weight excluding hydrogens is 208 g/mol. The third-order valence-corrected chi connectivity index (χ3v) is 2.95. The zero-order valence-electron chi connectivity index (χ0n) is 9.25. The van der Waals surface area contributed by atoms with Gasteiger partial charge in [-0.25, -0.2) is 0 Å². The van der Waals surface area contributed by atoms with Crippen LogP contribution in [-0.4, -0.2) is 25.0 Å². The Morgan fingerprint density at radius 2 is 2.40 bits per heavy atom. The first-order valence-corrected chi connectivity index (χ1v) is 6.12. The molecule has 0 aliphatic heterocycles. The van der Waals surface area contributed by atoms with Crippen LogP contribution in [0, 0.1) is 0 Å². The van der Waals surface area contributed by atoms with Gasteiger partial charge >= 0.3 is 0 Å². The van der Waals surface area contributed by atoms with Crippen LogP contribution in [0.2, 0.25) is 0 Å². The molecule has 3 nitrogen and oxygen atoms in total. The molecule has 1 aromatic rings. The van der Waals surface area contributed by atoms with Gasteiger partial charge in [-0.15, -0.1) is 11.3 Å². The molecule has 1 atom stereocenters. The molecule has 0 aliphatic carbocycles. The van der Waals surface area contributed by atoms with E-state index < -0.39 is 0 Å². The molecule has 1 amide bonds. The summed E-state index contributed by atoms with van der Waals surface area (Å²) in [5, 5.41) is 8.15. The number of hydrogen-bond donors (Lipinski definition) is 2. The van der Waals surface area contributed by atoms with Crippen molar-refractivity contribution < 1.29 is 4.79 Å². The molecular formula is C11H18N2OS. The average molecular weight is 226 g/mol. The first-order valence-electron chi connectivity index (χ1n) is 5.24. The monoisotopic (exact) mass is 226 g/mol. The fourth-order valence-electron chi connectivity index (χ4n) is 1.32. The lowest BCUT2D eigenvalue weighted by atomic mass is 10.3. The molecule has 0 aromatic carbocycles. The summed E-state index contributed by atoms with van der Waals surface area (Å²) in [7, 11) is 0. The largest absolute Gasteiger partial charge is 0.354 e. The van der Waals surface area contributed by atoms with E-state index in [2.05, 4.69) is 24.5 Å². The topological polar surface area (TPSA) is 41.1 Å². The molecule has 0 bridgehead atoms. The van der Waals surface area contributed by atoms with E-state index in [1.54, 1.807) is 11.3 Å². The normalized spacial score (nSPS) is 12.4. The van der Waals surface area contributed by atoms with Gasteiger partial charge in [0.1, 0.15) is 0 Å². The number of carbonyl (C=O) groups excluding carboxylic acids is 1. The minimum absolute atomic E-state index is 0.0993. The molecule has 0 fully saturated rings. The Morgan fingerprint density at radius 3 is 3.00 bits per heavy atom. The highest BCUT2D eigenvalue weighted by atomic mass is 32.1. The molecule has 1 rings (SSSR count). The quantitative estimate of drug-likeness (QED) is 0.770. The Labute approximate surface area is 94.9 Å². The van der Waals surface area contributed by atoms with Crippen LogP contribution in [0.3, 0.4) is 0 Å². The summed E-state index contributed by atoms with van der Waals surface area (Å²) >= 11 is 1.62. The van der Waals surface area contributed by atoms with Crippen molar-refractivity contribution in [1.29, 1.82) is 0 Å². The Morgan fingerprint density at radius 1 is 1.60 bits per heavy atom. The number of rotatable bonds is 6. The standard InChI is InChI=1S/C11H18N2OS/c1-3-12-9(2)8-13-11(14)7-10-5-4-6-15-10/h4-6,9,12H,3,7-8H2,1-2H3,(H,13,14)/t9-/m1/s1. The van der Waals surface area contributed by atoms with Crippen LogP contribution in [-0.2, 0) is 11.2 Å². The van der Waals surface area contributed by atoms with Gasteiger partial charge in [-0.3, -0.25) is 4.79 Å². The van der Waals surface area contributed by atoms with Gasteiger partial charge in [0.25, 0.3) is 0 Å². The molecule has 4 heteroatoms. The SMILES string of the molecule is CCN[C@H](C)CNC(=O)Cc1cccs1. The van der Waals surface area contributed by atoms with Crippen molar-refractivity contribution in [3.63, 3.8) is 0 Å². The van der Waals surface area contributed by atoms with E-state index in [0.29, 0.717) is 19.0 Å². The van der Waals surface area contributed by atoms with Crippen LogP contribution >= 0.6 is 11.3 Å². The summed E-state index contributed by atoms with van der Waals surface area (Å²) in [6, 6.07) is 4.29. The summed E-state index contributed by atoms with van der Waals surface area (Å²) in [5.41, 5.74) is 0. The van der Waals surface area contributed by atoms with Crippen molar-refractivity contribution in [1.82, 2.24) is 10.6 Å². The average Bonchev–Trinajstić information content (AvgIpc) is 2.68. The third kappa shape index (κ3) is 4.95. The Hall–Kier alpha value is -0.870. The number of thiophene rings is 1. The zero-order chi connectivity index (χ0) is 11.1. The Bertz CT molecular complexity index is 285. The Kier molecular flexibility index (Phi) is 5.36. The van der Waals surface area contributed by atoms with Gasteiger partial charge in [-0.2, -0.15) is 0 Å². The molecule has 0 aliphatic rings. The van der Waals surface area contributed by atoms with Gasteiger partial charge in [-0.05, 0) is 24.9 Å². The van der Waals surface area contributed by atoms with Crippen LogP contribution < -0.4 is 10.6 Å². The lowest BCUT2D eigenvalue weighted by molar-refractivity contribution is -0.120. The number of likely N-dealkylation sites (N-methyl/N-ethyl adjacent to an activating group) is 1. The summed E-state index contributed by atoms with van der Waals surface area (Å²) in [6.45, 7) is 5.75. The molecule has 2 N–H and O–H groups in total. The number of hydrogen-bond acceptors (Lipinski definition) is 3. The van der Waals surface area contributed by atoms with E-state index >= 15 is 0 Å². The third-order valence-electron chi connectivity index (χ3n) is 2.07. The van der Waals surface area contributed by atoms with Crippen molar-refractivity contribution in [2.75, 3.05) is 13.1 Å². The van der Waals surface area contributed by atoms with Crippen molar-refractivity contribution in [2.24, 2.45) is 0 Å². The van der Waals surface area contributed by atoms with Crippen LogP contribution in [0.5, 0.6) is 0 Å². The first kappa shape index (κ1) is 12.2. The van der Waals surface area contributed by atoms with Crippen molar-refractivity contribution >= 4 is 17.2 Å². The first-order chi connectivity index (χ1) is 7.22. The van der Waals surface area contributed by atoms with Gasteiger partial charge in [0.2, 0.25) is 5.91 Å². The Balaban J connectivity index is 2.19. The molecule has 0 radical (unpaired) electrons. The predicted molar refractivity (Wildman–Crippen MR) is 64.2 cm³/mol. The van der Waals surface area contributed by atoms with Gasteiger partial charge < -0.3 is 10.6 Å². The minimum Gasteiger partial charge on any atom is -0.354 e. The molecule has 15 heavy (non-hydrogen) atoms.